The molecule has 0 spiro atoms. The molecule has 2 aromatic carbocycles. The lowest BCUT2D eigenvalue weighted by atomic mass is 10.1. The molecule has 0 saturated heterocycles. The molecule has 1 aliphatic heterocycles. The largest absolute Gasteiger partial charge is 0.508 e. The van der Waals surface area contributed by atoms with E-state index in [1.807, 2.05) is 42.6 Å². The third kappa shape index (κ3) is 5.31. The summed E-state index contributed by atoms with van der Waals surface area (Å²) in [5, 5.41) is 20.4. The van der Waals surface area contributed by atoms with Crippen LogP contribution in [0.5, 0.6) is 11.5 Å². The summed E-state index contributed by atoms with van der Waals surface area (Å²) in [6.45, 7) is 3.93. The van der Waals surface area contributed by atoms with Crippen LogP contribution in [0.25, 0.3) is 0 Å². The number of hydrogen-bond acceptors (Lipinski definition) is 4. The van der Waals surface area contributed by atoms with E-state index in [4.69, 9.17) is 0 Å². The molecule has 3 rings (SSSR count). The Morgan fingerprint density at radius 2 is 1.48 bits per heavy atom. The summed E-state index contributed by atoms with van der Waals surface area (Å²) in [7, 11) is 0. The van der Waals surface area contributed by atoms with Crippen molar-refractivity contribution in [2.24, 2.45) is 4.99 Å². The first-order chi connectivity index (χ1) is 13.2. The number of phenolic OH excluding ortho intramolecular Hbond substituents is 2. The molecular formula is C23H26N2O2. The number of hydrogen-bond donors (Lipinski definition) is 2. The number of phenols is 2. The van der Waals surface area contributed by atoms with Crippen molar-refractivity contribution in [2.45, 2.75) is 32.9 Å². The van der Waals surface area contributed by atoms with E-state index < -0.39 is 0 Å². The average molecular weight is 362 g/mol. The van der Waals surface area contributed by atoms with E-state index >= 15 is 0 Å². The Labute approximate surface area is 160 Å². The molecule has 0 saturated carbocycles. The highest BCUT2D eigenvalue weighted by molar-refractivity contribution is 5.97. The lowest BCUT2D eigenvalue weighted by molar-refractivity contribution is 0.285. The molecule has 4 heteroatoms. The summed E-state index contributed by atoms with van der Waals surface area (Å²) in [4.78, 5) is 6.77. The van der Waals surface area contributed by atoms with Gasteiger partial charge >= 0.3 is 0 Å². The fourth-order valence-electron chi connectivity index (χ4n) is 3.18. The van der Waals surface area contributed by atoms with Crippen LogP contribution in [-0.2, 0) is 13.1 Å². The Balaban J connectivity index is 1.85. The van der Waals surface area contributed by atoms with Gasteiger partial charge in [0.05, 0.1) is 5.71 Å². The van der Waals surface area contributed by atoms with E-state index in [0.717, 1.165) is 29.7 Å². The van der Waals surface area contributed by atoms with Crippen molar-refractivity contribution in [3.8, 4) is 11.5 Å². The van der Waals surface area contributed by atoms with Crippen LogP contribution in [0.4, 0.5) is 0 Å². The summed E-state index contributed by atoms with van der Waals surface area (Å²) in [5.41, 5.74) is 4.06. The number of nitrogens with zero attached hydrogens (tertiary/aromatic N) is 2. The second kappa shape index (κ2) is 9.19. The van der Waals surface area contributed by atoms with Gasteiger partial charge in [0.15, 0.2) is 0 Å². The highest BCUT2D eigenvalue weighted by Crippen LogP contribution is 2.23. The van der Waals surface area contributed by atoms with Gasteiger partial charge in [0.2, 0.25) is 0 Å². The number of rotatable bonds is 7. The van der Waals surface area contributed by atoms with Crippen molar-refractivity contribution in [1.82, 2.24) is 4.90 Å². The topological polar surface area (TPSA) is 56.1 Å². The van der Waals surface area contributed by atoms with Crippen molar-refractivity contribution in [2.75, 3.05) is 6.54 Å². The quantitative estimate of drug-likeness (QED) is 0.744. The summed E-state index contributed by atoms with van der Waals surface area (Å²) < 4.78 is 0. The molecule has 1 aliphatic rings. The second-order valence-electron chi connectivity index (χ2n) is 6.77. The first kappa shape index (κ1) is 18.9. The van der Waals surface area contributed by atoms with Gasteiger partial charge in [-0.3, -0.25) is 9.89 Å². The van der Waals surface area contributed by atoms with E-state index in [0.29, 0.717) is 19.6 Å². The Morgan fingerprint density at radius 1 is 0.889 bits per heavy atom. The number of aromatic hydroxyl groups is 2. The van der Waals surface area contributed by atoms with Crippen molar-refractivity contribution >= 4 is 5.71 Å². The van der Waals surface area contributed by atoms with Crippen molar-refractivity contribution in [3.05, 3.63) is 83.6 Å². The van der Waals surface area contributed by atoms with E-state index in [1.165, 1.54) is 5.57 Å². The van der Waals surface area contributed by atoms with E-state index in [1.54, 1.807) is 12.1 Å². The molecule has 0 fully saturated rings. The maximum absolute atomic E-state index is 10.2. The molecule has 140 valence electrons. The normalized spacial score (nSPS) is 14.0. The second-order valence-corrected chi connectivity index (χ2v) is 6.77. The average Bonchev–Trinajstić information content (AvgIpc) is 2.90. The van der Waals surface area contributed by atoms with E-state index in [-0.39, 0.29) is 11.5 Å². The first-order valence-corrected chi connectivity index (χ1v) is 9.33. The minimum absolute atomic E-state index is 0.285. The molecule has 0 amide bonds. The molecule has 0 aliphatic carbocycles. The third-order valence-corrected chi connectivity index (χ3v) is 4.71. The zero-order valence-electron chi connectivity index (χ0n) is 15.7. The van der Waals surface area contributed by atoms with E-state index in [9.17, 15) is 10.2 Å². The highest BCUT2D eigenvalue weighted by Gasteiger charge is 2.14. The van der Waals surface area contributed by atoms with Crippen LogP contribution in [0, 0.1) is 0 Å². The molecule has 1 heterocycles. The van der Waals surface area contributed by atoms with Crippen molar-refractivity contribution in [3.63, 3.8) is 0 Å². The molecule has 0 atom stereocenters. The standard InChI is InChI=1S/C23H26N2O2/c1-2-18-8-7-13-24-21(14-18)17-25(15-19-9-3-5-11-22(19)26)16-20-10-4-6-12-23(20)27/h3-7,9-14,26-27H,2,8,15-17H2,1H3. The molecule has 2 N–H and O–H groups in total. The molecule has 27 heavy (non-hydrogen) atoms. The molecule has 2 aromatic rings. The maximum atomic E-state index is 10.2. The maximum Gasteiger partial charge on any atom is 0.120 e. The van der Waals surface area contributed by atoms with Crippen LogP contribution in [0.3, 0.4) is 0 Å². The smallest absolute Gasteiger partial charge is 0.120 e. The summed E-state index contributed by atoms with van der Waals surface area (Å²) >= 11 is 0. The van der Waals surface area contributed by atoms with Gasteiger partial charge in [-0.1, -0.05) is 55.0 Å². The van der Waals surface area contributed by atoms with Gasteiger partial charge in [0.25, 0.3) is 0 Å². The lowest BCUT2D eigenvalue weighted by Gasteiger charge is -2.23. The highest BCUT2D eigenvalue weighted by atomic mass is 16.3. The van der Waals surface area contributed by atoms with Gasteiger partial charge in [-0.05, 0) is 31.1 Å². The van der Waals surface area contributed by atoms with Gasteiger partial charge < -0.3 is 10.2 Å². The van der Waals surface area contributed by atoms with Crippen molar-refractivity contribution in [1.29, 1.82) is 0 Å². The van der Waals surface area contributed by atoms with Crippen LogP contribution in [0.1, 0.15) is 30.9 Å². The minimum Gasteiger partial charge on any atom is -0.508 e. The molecular weight excluding hydrogens is 336 g/mol. The Kier molecular flexibility index (Phi) is 6.44. The number of para-hydroxylation sites is 2. The SMILES string of the molecule is CCC1=CC(CN(Cc2ccccc2O)Cc2ccccc2O)=NC=CC1. The van der Waals surface area contributed by atoms with E-state index in [2.05, 4.69) is 29.0 Å². The molecule has 0 bridgehead atoms. The van der Waals surface area contributed by atoms with Crippen molar-refractivity contribution < 1.29 is 10.2 Å². The van der Waals surface area contributed by atoms with Crippen LogP contribution < -0.4 is 0 Å². The minimum atomic E-state index is 0.285. The van der Waals surface area contributed by atoms with Crippen LogP contribution in [0.15, 0.2) is 77.4 Å². The van der Waals surface area contributed by atoms with Gasteiger partial charge in [-0.25, -0.2) is 0 Å². The molecule has 0 aromatic heterocycles. The van der Waals surface area contributed by atoms with Gasteiger partial charge in [0, 0.05) is 37.0 Å². The summed E-state index contributed by atoms with van der Waals surface area (Å²) in [6.07, 6.45) is 8.05. The number of aliphatic imine (C=N–C) groups is 1. The van der Waals surface area contributed by atoms with Crippen LogP contribution in [0.2, 0.25) is 0 Å². The number of allylic oxidation sites excluding steroid dienone is 2. The first-order valence-electron chi connectivity index (χ1n) is 9.33. The fourth-order valence-corrected chi connectivity index (χ4v) is 3.18. The summed E-state index contributed by atoms with van der Waals surface area (Å²) in [6, 6.07) is 14.8. The summed E-state index contributed by atoms with van der Waals surface area (Å²) in [5.74, 6) is 0.569. The lowest BCUT2D eigenvalue weighted by Crippen LogP contribution is -2.28. The Hall–Kier alpha value is -2.85. The fraction of sp³-hybridized carbons (Fsp3) is 0.261. The third-order valence-electron chi connectivity index (χ3n) is 4.71. The molecule has 0 radical (unpaired) electrons. The van der Waals surface area contributed by atoms with Gasteiger partial charge in [-0.15, -0.1) is 0 Å². The predicted octanol–water partition coefficient (Wildman–Crippen LogP) is 4.79. The Morgan fingerprint density at radius 3 is 2.04 bits per heavy atom. The van der Waals surface area contributed by atoms with Gasteiger partial charge in [-0.2, -0.15) is 0 Å². The monoisotopic (exact) mass is 362 g/mol. The Bertz CT molecular complexity index is 821. The predicted molar refractivity (Wildman–Crippen MR) is 110 cm³/mol. The van der Waals surface area contributed by atoms with Gasteiger partial charge in [0.1, 0.15) is 11.5 Å². The molecule has 0 unspecified atom stereocenters. The number of benzene rings is 2. The zero-order chi connectivity index (χ0) is 19.1. The van der Waals surface area contributed by atoms with Crippen LogP contribution in [-0.4, -0.2) is 27.4 Å². The van der Waals surface area contributed by atoms with Crippen LogP contribution >= 0.6 is 0 Å². The molecule has 4 nitrogen and oxygen atoms in total. The zero-order valence-corrected chi connectivity index (χ0v) is 15.7.